The molecule has 1 rings (SSSR count). The maximum Gasteiger partial charge on any atom is 1.00 e. The minimum Gasteiger partial charge on any atom is -0.852 e. The molecule has 0 saturated carbocycles. The summed E-state index contributed by atoms with van der Waals surface area (Å²) in [6, 6.07) is -0.0937. The Bertz CT molecular complexity index is 464. The Kier molecular flexibility index (Phi) is 14.5. The van der Waals surface area contributed by atoms with Gasteiger partial charge in [-0.1, -0.05) is 71.1 Å². The zero-order chi connectivity index (χ0) is 21.4. The van der Waals surface area contributed by atoms with Gasteiger partial charge >= 0.3 is 57.5 Å². The molecule has 0 aromatic heterocycles. The second kappa shape index (κ2) is 14.1. The molecule has 3 atom stereocenters. The molecule has 29 heavy (non-hydrogen) atoms. The summed E-state index contributed by atoms with van der Waals surface area (Å²) in [4.78, 5) is 14.4. The van der Waals surface area contributed by atoms with Gasteiger partial charge in [-0.2, -0.15) is 0 Å². The number of amides is 1. The first-order valence-corrected chi connectivity index (χ1v) is 11.3. The van der Waals surface area contributed by atoms with Gasteiger partial charge < -0.3 is 14.6 Å². The van der Waals surface area contributed by atoms with Gasteiger partial charge in [0.25, 0.3) is 0 Å². The molecule has 166 valence electrons. The van der Waals surface area contributed by atoms with Crippen molar-refractivity contribution in [2.45, 2.75) is 130 Å². The molecule has 0 aromatic rings. The summed E-state index contributed by atoms with van der Waals surface area (Å²) in [6.07, 6.45) is 8.19. The van der Waals surface area contributed by atoms with E-state index in [2.05, 4.69) is 13.8 Å². The van der Waals surface area contributed by atoms with E-state index in [1.165, 1.54) is 12.8 Å². The van der Waals surface area contributed by atoms with Crippen LogP contribution in [-0.4, -0.2) is 41.1 Å². The van der Waals surface area contributed by atoms with Crippen molar-refractivity contribution < 1.29 is 70.8 Å². The molecular weight excluding hydrogens is 393 g/mol. The Hall–Kier alpha value is 0.826. The van der Waals surface area contributed by atoms with Crippen LogP contribution in [0.15, 0.2) is 0 Å². The Balaban J connectivity index is 0.00000784. The maximum absolute atomic E-state index is 13.0. The Morgan fingerprint density at radius 1 is 1.14 bits per heavy atom. The van der Waals surface area contributed by atoms with Crippen molar-refractivity contribution in [2.24, 2.45) is 5.92 Å². The molecule has 6 heteroatoms. The van der Waals surface area contributed by atoms with Crippen LogP contribution in [0, 0.1) is 5.92 Å². The number of hydrogen-bond donors (Lipinski definition) is 0. The van der Waals surface area contributed by atoms with E-state index in [9.17, 15) is 9.90 Å². The molecule has 0 N–H and O–H groups in total. The molecule has 0 bridgehead atoms. The monoisotopic (exact) mass is 437 g/mol. The van der Waals surface area contributed by atoms with Crippen molar-refractivity contribution in [3.8, 4) is 0 Å². The smallest absolute Gasteiger partial charge is 0.852 e. The van der Waals surface area contributed by atoms with Gasteiger partial charge in [0.15, 0.2) is 0 Å². The largest absolute Gasteiger partial charge is 1.00 e. The van der Waals surface area contributed by atoms with Crippen LogP contribution in [0.1, 0.15) is 106 Å². The Morgan fingerprint density at radius 2 is 1.72 bits per heavy atom. The van der Waals surface area contributed by atoms with Crippen LogP contribution in [0.2, 0.25) is 0 Å². The third-order valence-corrected chi connectivity index (χ3v) is 5.58. The summed E-state index contributed by atoms with van der Waals surface area (Å²) >= 11 is 0. The number of rotatable bonds is 11. The SMILES string of the molecule is CCCCCC(CCCC)C([O-])CCC1COC(C)(C)N1C(=O)OC(C)(C)C.[K+]. The van der Waals surface area contributed by atoms with E-state index in [1.54, 1.807) is 4.90 Å². The molecule has 1 amide bonds. The van der Waals surface area contributed by atoms with E-state index in [0.29, 0.717) is 19.4 Å². The molecule has 0 radical (unpaired) electrons. The molecule has 0 aromatic carbocycles. The van der Waals surface area contributed by atoms with E-state index >= 15 is 0 Å². The van der Waals surface area contributed by atoms with Crippen LogP contribution in [0.3, 0.4) is 0 Å². The summed E-state index contributed by atoms with van der Waals surface area (Å²) in [5.74, 6) is 0.247. The second-order valence-corrected chi connectivity index (χ2v) is 9.78. The molecule has 5 nitrogen and oxygen atoms in total. The average molecular weight is 438 g/mol. The number of nitrogens with zero attached hydrogens (tertiary/aromatic N) is 1. The minimum atomic E-state index is -0.700. The molecule has 1 saturated heterocycles. The first-order valence-electron chi connectivity index (χ1n) is 11.3. The van der Waals surface area contributed by atoms with Crippen LogP contribution in [0.25, 0.3) is 0 Å². The number of unbranched alkanes of at least 4 members (excludes halogenated alkanes) is 3. The summed E-state index contributed by atoms with van der Waals surface area (Å²) in [5.41, 5.74) is -1.25. The fraction of sp³-hybridized carbons (Fsp3) is 0.957. The zero-order valence-electron chi connectivity index (χ0n) is 20.4. The van der Waals surface area contributed by atoms with E-state index in [4.69, 9.17) is 9.47 Å². The van der Waals surface area contributed by atoms with Crippen molar-refractivity contribution in [1.82, 2.24) is 4.90 Å². The predicted molar refractivity (Wildman–Crippen MR) is 112 cm³/mol. The fourth-order valence-electron chi connectivity index (χ4n) is 4.01. The number of carbonyl (C=O) groups excluding carboxylic acids is 1. The van der Waals surface area contributed by atoms with Gasteiger partial charge in [0.05, 0.1) is 12.6 Å². The number of ether oxygens (including phenoxy) is 2. The van der Waals surface area contributed by atoms with Gasteiger partial charge in [-0.25, -0.2) is 4.79 Å². The molecule has 1 aliphatic heterocycles. The van der Waals surface area contributed by atoms with E-state index in [0.717, 1.165) is 32.1 Å². The van der Waals surface area contributed by atoms with Crippen LogP contribution < -0.4 is 56.5 Å². The quantitative estimate of drug-likeness (QED) is 0.367. The molecule has 1 fully saturated rings. The van der Waals surface area contributed by atoms with Gasteiger partial charge in [0.2, 0.25) is 0 Å². The van der Waals surface area contributed by atoms with Crippen LogP contribution in [-0.2, 0) is 9.47 Å². The zero-order valence-corrected chi connectivity index (χ0v) is 23.5. The normalized spacial score (nSPS) is 20.8. The maximum atomic E-state index is 13.0. The average Bonchev–Trinajstić information content (AvgIpc) is 2.88. The minimum absolute atomic E-state index is 0. The summed E-state index contributed by atoms with van der Waals surface area (Å²) < 4.78 is 11.5. The summed E-state index contributed by atoms with van der Waals surface area (Å²) in [5, 5.41) is 13.0. The summed E-state index contributed by atoms with van der Waals surface area (Å²) in [6.45, 7) is 14.2. The third kappa shape index (κ3) is 10.8. The third-order valence-electron chi connectivity index (χ3n) is 5.58. The first kappa shape index (κ1) is 29.8. The number of hydrogen-bond acceptors (Lipinski definition) is 4. The molecule has 1 heterocycles. The van der Waals surface area contributed by atoms with E-state index in [-0.39, 0.29) is 69.4 Å². The second-order valence-electron chi connectivity index (χ2n) is 9.78. The van der Waals surface area contributed by atoms with Crippen molar-refractivity contribution in [1.29, 1.82) is 0 Å². The Morgan fingerprint density at radius 3 is 2.28 bits per heavy atom. The van der Waals surface area contributed by atoms with Gasteiger partial charge in [0, 0.05) is 0 Å². The molecule has 3 unspecified atom stereocenters. The topological polar surface area (TPSA) is 61.8 Å². The standard InChI is InChI=1S/C23H44NO4.K/c1-8-10-12-14-18(13-11-9-2)20(25)16-15-19-17-27-23(6,7)24(19)21(26)28-22(3,4)5;/h18-20H,8-17H2,1-7H3;/q-1;+1. The van der Waals surface area contributed by atoms with Crippen molar-refractivity contribution >= 4 is 6.09 Å². The van der Waals surface area contributed by atoms with Crippen molar-refractivity contribution in [2.75, 3.05) is 6.61 Å². The van der Waals surface area contributed by atoms with Crippen molar-refractivity contribution in [3.63, 3.8) is 0 Å². The molecule has 1 aliphatic rings. The van der Waals surface area contributed by atoms with Gasteiger partial charge in [-0.15, -0.1) is 6.10 Å². The van der Waals surface area contributed by atoms with Gasteiger partial charge in [-0.05, 0) is 41.0 Å². The predicted octanol–water partition coefficient (Wildman–Crippen LogP) is 2.26. The first-order chi connectivity index (χ1) is 13.0. The summed E-state index contributed by atoms with van der Waals surface area (Å²) in [7, 11) is 0. The van der Waals surface area contributed by atoms with E-state index < -0.39 is 17.4 Å². The van der Waals surface area contributed by atoms with Crippen LogP contribution >= 0.6 is 0 Å². The Labute approximate surface area is 222 Å². The molecular formula is C23H44KNO4. The van der Waals surface area contributed by atoms with Gasteiger partial charge in [-0.3, -0.25) is 4.90 Å². The van der Waals surface area contributed by atoms with Crippen molar-refractivity contribution in [3.05, 3.63) is 0 Å². The number of carbonyl (C=O) groups is 1. The molecule has 0 aliphatic carbocycles. The van der Waals surface area contributed by atoms with Crippen LogP contribution in [0.4, 0.5) is 4.79 Å². The van der Waals surface area contributed by atoms with Gasteiger partial charge in [0.1, 0.15) is 11.3 Å². The fourth-order valence-corrected chi connectivity index (χ4v) is 4.01. The van der Waals surface area contributed by atoms with Crippen LogP contribution in [0.5, 0.6) is 0 Å². The molecule has 0 spiro atoms. The van der Waals surface area contributed by atoms with E-state index in [1.807, 2.05) is 34.6 Å².